The number of halogens is 1. The van der Waals surface area contributed by atoms with E-state index in [1.807, 2.05) is 24.3 Å². The second-order valence-corrected chi connectivity index (χ2v) is 6.14. The van der Waals surface area contributed by atoms with E-state index in [1.54, 1.807) is 0 Å². The lowest BCUT2D eigenvalue weighted by atomic mass is 9.86. The first-order valence-corrected chi connectivity index (χ1v) is 7.23. The van der Waals surface area contributed by atoms with E-state index in [0.717, 1.165) is 42.6 Å². The summed E-state index contributed by atoms with van der Waals surface area (Å²) in [6, 6.07) is 7.93. The molecule has 2 rings (SSSR count). The van der Waals surface area contributed by atoms with Gasteiger partial charge in [0.2, 0.25) is 0 Å². The van der Waals surface area contributed by atoms with Gasteiger partial charge >= 0.3 is 0 Å². The van der Waals surface area contributed by atoms with Crippen LogP contribution in [0.3, 0.4) is 0 Å². The fourth-order valence-corrected chi connectivity index (χ4v) is 2.62. The zero-order valence-corrected chi connectivity index (χ0v) is 12.4. The van der Waals surface area contributed by atoms with Crippen molar-refractivity contribution in [2.45, 2.75) is 24.8 Å². The first-order chi connectivity index (χ1) is 8.57. The van der Waals surface area contributed by atoms with Crippen molar-refractivity contribution in [3.63, 3.8) is 0 Å². The minimum atomic E-state index is -0.0431. The molecule has 2 N–H and O–H groups in total. The van der Waals surface area contributed by atoms with Crippen LogP contribution in [0, 0.1) is 0 Å². The SMILES string of the molecule is CN1CCC(N)(CCOc2cccc(Br)c2)CC1. The fourth-order valence-electron chi connectivity index (χ4n) is 2.24. The normalized spacial score (nSPS) is 19.7. The molecule has 1 fully saturated rings. The molecule has 1 aliphatic heterocycles. The van der Waals surface area contributed by atoms with Crippen molar-refractivity contribution in [2.75, 3.05) is 26.7 Å². The zero-order chi connectivity index (χ0) is 13.0. The smallest absolute Gasteiger partial charge is 0.120 e. The first kappa shape index (κ1) is 13.8. The molecule has 0 unspecified atom stereocenters. The molecule has 0 amide bonds. The van der Waals surface area contributed by atoms with Crippen molar-refractivity contribution in [1.82, 2.24) is 4.90 Å². The number of hydrogen-bond acceptors (Lipinski definition) is 3. The standard InChI is InChI=1S/C14H21BrN2O/c1-17-8-5-14(16,6-9-17)7-10-18-13-4-2-3-12(15)11-13/h2-4,11H,5-10,16H2,1H3. The average Bonchev–Trinajstić information content (AvgIpc) is 2.34. The molecule has 18 heavy (non-hydrogen) atoms. The van der Waals surface area contributed by atoms with E-state index in [4.69, 9.17) is 10.5 Å². The van der Waals surface area contributed by atoms with Crippen molar-refractivity contribution in [3.8, 4) is 5.75 Å². The minimum absolute atomic E-state index is 0.0431. The van der Waals surface area contributed by atoms with Crippen LogP contribution in [0.25, 0.3) is 0 Å². The summed E-state index contributed by atoms with van der Waals surface area (Å²) in [6.45, 7) is 2.87. The minimum Gasteiger partial charge on any atom is -0.493 e. The van der Waals surface area contributed by atoms with E-state index in [2.05, 4.69) is 27.9 Å². The van der Waals surface area contributed by atoms with Crippen LogP contribution in [-0.2, 0) is 0 Å². The van der Waals surface area contributed by atoms with Crippen LogP contribution in [0.15, 0.2) is 28.7 Å². The predicted molar refractivity (Wildman–Crippen MR) is 77.9 cm³/mol. The van der Waals surface area contributed by atoms with Gasteiger partial charge in [-0.1, -0.05) is 22.0 Å². The number of ether oxygens (including phenoxy) is 1. The lowest BCUT2D eigenvalue weighted by Crippen LogP contribution is -2.50. The summed E-state index contributed by atoms with van der Waals surface area (Å²) in [5, 5.41) is 0. The Labute approximate surface area is 117 Å². The van der Waals surface area contributed by atoms with Crippen LogP contribution in [-0.4, -0.2) is 37.2 Å². The van der Waals surface area contributed by atoms with Gasteiger partial charge in [0.05, 0.1) is 6.61 Å². The molecule has 0 aliphatic carbocycles. The topological polar surface area (TPSA) is 38.5 Å². The van der Waals surface area contributed by atoms with Crippen molar-refractivity contribution >= 4 is 15.9 Å². The number of benzene rings is 1. The maximum absolute atomic E-state index is 6.40. The van der Waals surface area contributed by atoms with Crippen LogP contribution in [0.5, 0.6) is 5.75 Å². The van der Waals surface area contributed by atoms with Gasteiger partial charge in [0.15, 0.2) is 0 Å². The second-order valence-electron chi connectivity index (χ2n) is 5.22. The van der Waals surface area contributed by atoms with Gasteiger partial charge in [-0.25, -0.2) is 0 Å². The van der Waals surface area contributed by atoms with E-state index < -0.39 is 0 Å². The molecule has 0 radical (unpaired) electrons. The van der Waals surface area contributed by atoms with E-state index >= 15 is 0 Å². The number of nitrogens with two attached hydrogens (primary N) is 1. The molecule has 0 bridgehead atoms. The maximum atomic E-state index is 6.40. The Morgan fingerprint density at radius 2 is 2.11 bits per heavy atom. The zero-order valence-electron chi connectivity index (χ0n) is 10.9. The number of nitrogens with zero attached hydrogens (tertiary/aromatic N) is 1. The summed E-state index contributed by atoms with van der Waals surface area (Å²) in [6.07, 6.45) is 3.05. The third-order valence-electron chi connectivity index (χ3n) is 3.65. The molecule has 1 aromatic rings. The third kappa shape index (κ3) is 3.97. The Balaban J connectivity index is 1.78. The second kappa shape index (κ2) is 6.04. The molecule has 0 aromatic heterocycles. The summed E-state index contributed by atoms with van der Waals surface area (Å²) >= 11 is 3.44. The van der Waals surface area contributed by atoms with E-state index in [-0.39, 0.29) is 5.54 Å². The lowest BCUT2D eigenvalue weighted by Gasteiger charge is -2.37. The number of likely N-dealkylation sites (tertiary alicyclic amines) is 1. The summed E-state index contributed by atoms with van der Waals surface area (Å²) in [5.41, 5.74) is 6.36. The molecule has 1 aliphatic rings. The van der Waals surface area contributed by atoms with E-state index in [9.17, 15) is 0 Å². The largest absolute Gasteiger partial charge is 0.493 e. The van der Waals surface area contributed by atoms with Crippen LogP contribution < -0.4 is 10.5 Å². The highest BCUT2D eigenvalue weighted by Crippen LogP contribution is 2.23. The molecule has 1 saturated heterocycles. The highest BCUT2D eigenvalue weighted by atomic mass is 79.9. The van der Waals surface area contributed by atoms with Gasteiger partial charge in [-0.15, -0.1) is 0 Å². The van der Waals surface area contributed by atoms with E-state index in [0.29, 0.717) is 6.61 Å². The molecule has 100 valence electrons. The van der Waals surface area contributed by atoms with E-state index in [1.165, 1.54) is 0 Å². The Morgan fingerprint density at radius 3 is 2.78 bits per heavy atom. The average molecular weight is 313 g/mol. The van der Waals surface area contributed by atoms with Crippen molar-refractivity contribution in [3.05, 3.63) is 28.7 Å². The summed E-state index contributed by atoms with van der Waals surface area (Å²) < 4.78 is 6.80. The molecule has 0 saturated carbocycles. The monoisotopic (exact) mass is 312 g/mol. The number of hydrogen-bond donors (Lipinski definition) is 1. The predicted octanol–water partition coefficient (Wildman–Crippen LogP) is 2.64. The van der Waals surface area contributed by atoms with Gasteiger partial charge in [0, 0.05) is 10.0 Å². The molecule has 0 spiro atoms. The Bertz CT molecular complexity index is 389. The summed E-state index contributed by atoms with van der Waals surface area (Å²) in [7, 11) is 2.15. The summed E-state index contributed by atoms with van der Waals surface area (Å²) in [5.74, 6) is 0.904. The summed E-state index contributed by atoms with van der Waals surface area (Å²) in [4.78, 5) is 2.33. The van der Waals surface area contributed by atoms with Crippen molar-refractivity contribution in [2.24, 2.45) is 5.73 Å². The van der Waals surface area contributed by atoms with Gasteiger partial charge in [0.1, 0.15) is 5.75 Å². The van der Waals surface area contributed by atoms with Crippen LogP contribution in [0.1, 0.15) is 19.3 Å². The number of rotatable bonds is 4. The van der Waals surface area contributed by atoms with Gasteiger partial charge in [-0.3, -0.25) is 0 Å². The number of piperidine rings is 1. The third-order valence-corrected chi connectivity index (χ3v) is 4.14. The Hall–Kier alpha value is -0.580. The molecule has 1 heterocycles. The van der Waals surface area contributed by atoms with Crippen LogP contribution in [0.2, 0.25) is 0 Å². The molecule has 4 heteroatoms. The quantitative estimate of drug-likeness (QED) is 0.929. The van der Waals surface area contributed by atoms with Gasteiger partial charge < -0.3 is 15.4 Å². The highest BCUT2D eigenvalue weighted by Gasteiger charge is 2.29. The van der Waals surface area contributed by atoms with Gasteiger partial charge in [-0.05, 0) is 57.6 Å². The molecule has 0 atom stereocenters. The Morgan fingerprint density at radius 1 is 1.39 bits per heavy atom. The van der Waals surface area contributed by atoms with Gasteiger partial charge in [-0.2, -0.15) is 0 Å². The van der Waals surface area contributed by atoms with Crippen LogP contribution in [0.4, 0.5) is 0 Å². The Kier molecular flexibility index (Phi) is 4.65. The van der Waals surface area contributed by atoms with Gasteiger partial charge in [0.25, 0.3) is 0 Å². The molecular formula is C14H21BrN2O. The molecule has 1 aromatic carbocycles. The first-order valence-electron chi connectivity index (χ1n) is 6.43. The fraction of sp³-hybridized carbons (Fsp3) is 0.571. The maximum Gasteiger partial charge on any atom is 0.120 e. The van der Waals surface area contributed by atoms with Crippen molar-refractivity contribution < 1.29 is 4.74 Å². The highest BCUT2D eigenvalue weighted by molar-refractivity contribution is 9.10. The molecular weight excluding hydrogens is 292 g/mol. The lowest BCUT2D eigenvalue weighted by molar-refractivity contribution is 0.159. The van der Waals surface area contributed by atoms with Crippen molar-refractivity contribution in [1.29, 1.82) is 0 Å². The van der Waals surface area contributed by atoms with Crippen LogP contribution >= 0.6 is 15.9 Å². The molecule has 3 nitrogen and oxygen atoms in total.